The zero-order chi connectivity index (χ0) is 29.6. The molecule has 1 aromatic heterocycles. The summed E-state index contributed by atoms with van der Waals surface area (Å²) in [6.07, 6.45) is 1.67. The number of aromatic nitrogens is 1. The second kappa shape index (κ2) is 12.5. The van der Waals surface area contributed by atoms with Gasteiger partial charge in [-0.15, -0.1) is 0 Å². The van der Waals surface area contributed by atoms with Crippen molar-refractivity contribution < 1.29 is 12.6 Å². The first-order valence-electron chi connectivity index (χ1n) is 13.7. The van der Waals surface area contributed by atoms with E-state index in [1.165, 1.54) is 12.1 Å². The number of hydrogen-bond donors (Lipinski definition) is 3. The summed E-state index contributed by atoms with van der Waals surface area (Å²) in [5.41, 5.74) is 2.15. The normalized spacial score (nSPS) is 12.1. The van der Waals surface area contributed by atoms with Crippen molar-refractivity contribution in [3.8, 4) is 5.88 Å². The summed E-state index contributed by atoms with van der Waals surface area (Å²) in [6.45, 7) is 0. The van der Waals surface area contributed by atoms with E-state index in [2.05, 4.69) is 15.2 Å². The van der Waals surface area contributed by atoms with Gasteiger partial charge in [0.25, 0.3) is 0 Å². The van der Waals surface area contributed by atoms with E-state index in [-0.39, 0.29) is 11.9 Å². The molecule has 6 aromatic rings. The van der Waals surface area contributed by atoms with Gasteiger partial charge in [-0.3, -0.25) is 0 Å². The number of rotatable bonds is 7. The zero-order valence-electron chi connectivity index (χ0n) is 23.0. The summed E-state index contributed by atoms with van der Waals surface area (Å²) in [4.78, 5) is 2.96. The number of fused-ring (bicyclic) bond motifs is 1. The SMILES string of the molecule is N=C(N=N/C(=C\c1c(O)[nH]c2ccccc12)c1ccc(F)cc1)[O][Sn]([c]1ccccc1)([c]1ccccc1)[c]1ccccc1. The Morgan fingerprint density at radius 2 is 1.21 bits per heavy atom. The van der Waals surface area contributed by atoms with Crippen LogP contribution in [0.25, 0.3) is 22.7 Å². The molecule has 1 heterocycles. The summed E-state index contributed by atoms with van der Waals surface area (Å²) in [5.74, 6) is -0.423. The van der Waals surface area contributed by atoms with E-state index in [1.807, 2.05) is 115 Å². The number of hydrogen-bond acceptors (Lipinski definition) is 4. The number of aromatic hydroxyl groups is 1. The minimum absolute atomic E-state index is 0.0326. The predicted molar refractivity (Wildman–Crippen MR) is 172 cm³/mol. The van der Waals surface area contributed by atoms with E-state index in [9.17, 15) is 9.50 Å². The van der Waals surface area contributed by atoms with E-state index in [0.29, 0.717) is 16.8 Å². The summed E-state index contributed by atoms with van der Waals surface area (Å²) < 4.78 is 23.6. The van der Waals surface area contributed by atoms with Gasteiger partial charge in [0, 0.05) is 0 Å². The Bertz CT molecular complexity index is 1830. The van der Waals surface area contributed by atoms with Crippen LogP contribution in [-0.2, 0) is 3.07 Å². The van der Waals surface area contributed by atoms with Crippen LogP contribution < -0.4 is 10.7 Å². The van der Waals surface area contributed by atoms with Crippen molar-refractivity contribution in [2.75, 3.05) is 0 Å². The molecule has 210 valence electrons. The zero-order valence-corrected chi connectivity index (χ0v) is 25.8. The fraction of sp³-hybridized carbons (Fsp3) is 0. The Kier molecular flexibility index (Phi) is 8.15. The van der Waals surface area contributed by atoms with Gasteiger partial charge in [0.1, 0.15) is 0 Å². The van der Waals surface area contributed by atoms with Gasteiger partial charge >= 0.3 is 254 Å². The molecule has 0 radical (unpaired) electrons. The quantitative estimate of drug-likeness (QED) is 0.0774. The third-order valence-electron chi connectivity index (χ3n) is 7.19. The average molecular weight is 673 g/mol. The molecule has 0 saturated heterocycles. The molecule has 6 nitrogen and oxygen atoms in total. The molecule has 6 rings (SSSR count). The van der Waals surface area contributed by atoms with E-state index in [1.54, 1.807) is 18.2 Å². The fourth-order valence-corrected chi connectivity index (χ4v) is 15.7. The number of azo groups is 1. The number of halogens is 1. The van der Waals surface area contributed by atoms with Crippen molar-refractivity contribution in [3.63, 3.8) is 0 Å². The molecule has 0 aliphatic carbocycles. The van der Waals surface area contributed by atoms with Crippen LogP contribution in [0, 0.1) is 11.2 Å². The Morgan fingerprint density at radius 1 is 0.698 bits per heavy atom. The van der Waals surface area contributed by atoms with Crippen LogP contribution in [-0.4, -0.2) is 34.9 Å². The van der Waals surface area contributed by atoms with Crippen molar-refractivity contribution in [1.29, 1.82) is 5.41 Å². The Morgan fingerprint density at radius 3 is 1.77 bits per heavy atom. The molecular weight excluding hydrogens is 646 g/mol. The second-order valence-electron chi connectivity index (χ2n) is 9.86. The molecule has 43 heavy (non-hydrogen) atoms. The van der Waals surface area contributed by atoms with Crippen molar-refractivity contribution in [3.05, 3.63) is 156 Å². The number of nitrogens with one attached hydrogen (secondary N) is 2. The van der Waals surface area contributed by atoms with Crippen LogP contribution in [0.15, 0.2) is 150 Å². The first-order valence-corrected chi connectivity index (χ1v) is 19.1. The first-order chi connectivity index (χ1) is 21.0. The van der Waals surface area contributed by atoms with Gasteiger partial charge < -0.3 is 0 Å². The molecular formula is C35H27FN4O2Sn. The minimum atomic E-state index is -4.29. The van der Waals surface area contributed by atoms with Crippen molar-refractivity contribution in [1.82, 2.24) is 4.98 Å². The molecule has 0 unspecified atom stereocenters. The standard InChI is InChI=1S/C17H13FN4O2.3C6H5.Sn/c18-11-7-5-10(6-8-11)15(21-22-17(19)24)9-13-12-3-1-2-4-14(12)20-16(13)23;3*1-2-4-6-5-3-1;/h1-9,20,23H,(H2,19,24);3*1-5H;/q;;;;+1/p-1/b15-9-,22-21?;;;;. The third kappa shape index (κ3) is 5.85. The number of benzene rings is 5. The summed E-state index contributed by atoms with van der Waals surface area (Å²) >= 11 is -4.29. The Balaban J connectivity index is 1.45. The summed E-state index contributed by atoms with van der Waals surface area (Å²) in [5, 5.41) is 29.1. The molecule has 0 saturated carbocycles. The predicted octanol–water partition coefficient (Wildman–Crippen LogP) is 6.58. The van der Waals surface area contributed by atoms with E-state index in [4.69, 9.17) is 8.48 Å². The van der Waals surface area contributed by atoms with Gasteiger partial charge in [-0.1, -0.05) is 0 Å². The van der Waals surface area contributed by atoms with Crippen LogP contribution in [0.1, 0.15) is 11.1 Å². The molecule has 0 spiro atoms. The maximum atomic E-state index is 13.8. The monoisotopic (exact) mass is 674 g/mol. The van der Waals surface area contributed by atoms with Crippen LogP contribution in [0.3, 0.4) is 0 Å². The fourth-order valence-electron chi connectivity index (χ4n) is 5.18. The van der Waals surface area contributed by atoms with Crippen molar-refractivity contribution >= 4 is 58.2 Å². The number of amidine groups is 1. The number of aromatic amines is 1. The van der Waals surface area contributed by atoms with Gasteiger partial charge in [0.15, 0.2) is 0 Å². The van der Waals surface area contributed by atoms with Crippen molar-refractivity contribution in [2.24, 2.45) is 10.2 Å². The van der Waals surface area contributed by atoms with Crippen molar-refractivity contribution in [2.45, 2.75) is 0 Å². The molecule has 8 heteroatoms. The molecule has 5 aromatic carbocycles. The van der Waals surface area contributed by atoms with Gasteiger partial charge in [0.05, 0.1) is 0 Å². The van der Waals surface area contributed by atoms with E-state index < -0.39 is 24.6 Å². The van der Waals surface area contributed by atoms with Crippen LogP contribution in [0.2, 0.25) is 0 Å². The van der Waals surface area contributed by atoms with E-state index >= 15 is 0 Å². The Hall–Kier alpha value is -5.02. The molecule has 0 amide bonds. The van der Waals surface area contributed by atoms with E-state index in [0.717, 1.165) is 21.6 Å². The average Bonchev–Trinajstić information content (AvgIpc) is 3.38. The molecule has 0 atom stereocenters. The topological polar surface area (TPSA) is 93.8 Å². The van der Waals surface area contributed by atoms with Crippen LogP contribution >= 0.6 is 0 Å². The van der Waals surface area contributed by atoms with Crippen LogP contribution in [0.5, 0.6) is 5.88 Å². The summed E-state index contributed by atoms with van der Waals surface area (Å²) in [6, 6.07) is 43.0. The molecule has 0 aliphatic rings. The van der Waals surface area contributed by atoms with Crippen LogP contribution in [0.4, 0.5) is 4.39 Å². The van der Waals surface area contributed by atoms with Gasteiger partial charge in [-0.25, -0.2) is 0 Å². The number of H-pyrrole nitrogens is 1. The van der Waals surface area contributed by atoms with Gasteiger partial charge in [0.2, 0.25) is 0 Å². The molecule has 0 fully saturated rings. The number of para-hydroxylation sites is 1. The molecule has 0 bridgehead atoms. The van der Waals surface area contributed by atoms with Gasteiger partial charge in [-0.05, 0) is 0 Å². The third-order valence-corrected chi connectivity index (χ3v) is 18.4. The molecule has 0 aliphatic heterocycles. The van der Waals surface area contributed by atoms with Gasteiger partial charge in [-0.2, -0.15) is 0 Å². The number of nitrogens with zero attached hydrogens (tertiary/aromatic N) is 2. The maximum absolute atomic E-state index is 13.8. The first kappa shape index (κ1) is 28.1. The second-order valence-corrected chi connectivity index (χ2v) is 19.3. The summed E-state index contributed by atoms with van der Waals surface area (Å²) in [7, 11) is 0. The Labute approximate surface area is 252 Å². The molecule has 3 N–H and O–H groups in total.